The second-order valence-corrected chi connectivity index (χ2v) is 3.03. The summed E-state index contributed by atoms with van der Waals surface area (Å²) in [5.74, 6) is 0. The Kier molecular flexibility index (Phi) is 2.65. The average molecular weight is 168 g/mol. The Bertz CT molecular complexity index is 321. The smallest absolute Gasteiger partial charge is 0.157 e. The van der Waals surface area contributed by atoms with Gasteiger partial charge >= 0.3 is 0 Å². The van der Waals surface area contributed by atoms with Gasteiger partial charge in [0.15, 0.2) is 4.83 Å². The molecule has 0 aliphatic rings. The molecule has 2 nitrogen and oxygen atoms in total. The molecule has 60 valence electrons. The number of aromatic nitrogens is 2. The monoisotopic (exact) mass is 168 g/mol. The van der Waals surface area contributed by atoms with E-state index in [9.17, 15) is 0 Å². The van der Waals surface area contributed by atoms with Gasteiger partial charge < -0.3 is 0 Å². The van der Waals surface area contributed by atoms with Crippen LogP contribution in [-0.4, -0.2) is 8.94 Å². The maximum Gasteiger partial charge on any atom is 0.157 e. The highest BCUT2D eigenvalue weighted by atomic mass is 32.1. The minimum absolute atomic E-state index is 1.14. The summed E-state index contributed by atoms with van der Waals surface area (Å²) in [6, 6.07) is 4.02. The van der Waals surface area contributed by atoms with E-state index in [4.69, 9.17) is 0 Å². The van der Waals surface area contributed by atoms with Crippen molar-refractivity contribution in [1.82, 2.24) is 8.94 Å². The van der Waals surface area contributed by atoms with Crippen LogP contribution in [0.4, 0.5) is 0 Å². The highest BCUT2D eigenvalue weighted by Crippen LogP contribution is 2.19. The Morgan fingerprint density at radius 2 is 2.18 bits per heavy atom. The zero-order valence-corrected chi connectivity index (χ0v) is 7.85. The van der Waals surface area contributed by atoms with Crippen molar-refractivity contribution < 1.29 is 0 Å². The van der Waals surface area contributed by atoms with E-state index in [-0.39, 0.29) is 0 Å². The second kappa shape index (κ2) is 3.53. The van der Waals surface area contributed by atoms with E-state index in [1.807, 2.05) is 33.2 Å². The molecule has 0 bridgehead atoms. The number of hydrogen-bond acceptors (Lipinski definition) is 2. The maximum absolute atomic E-state index is 4.14. The molecule has 0 aliphatic heterocycles. The Morgan fingerprint density at radius 1 is 1.45 bits per heavy atom. The fraction of sp³-hybridized carbons (Fsp3) is 0.375. The lowest BCUT2D eigenvalue weighted by Crippen LogP contribution is -1.93. The van der Waals surface area contributed by atoms with Gasteiger partial charge in [-0.1, -0.05) is 13.8 Å². The summed E-state index contributed by atoms with van der Waals surface area (Å²) in [6.07, 6.45) is 1.82. The van der Waals surface area contributed by atoms with Gasteiger partial charge in [-0.2, -0.15) is 0 Å². The van der Waals surface area contributed by atoms with Gasteiger partial charge in [0.05, 0.1) is 5.52 Å². The SMILES string of the molecule is CC.Cn1sc2ncccc21. The molecular formula is C8H12N2S. The third kappa shape index (κ3) is 1.43. The first-order valence-electron chi connectivity index (χ1n) is 3.74. The number of rotatable bonds is 0. The van der Waals surface area contributed by atoms with Gasteiger partial charge in [-0.15, -0.1) is 0 Å². The molecular weight excluding hydrogens is 156 g/mol. The maximum atomic E-state index is 4.14. The summed E-state index contributed by atoms with van der Waals surface area (Å²) in [6.45, 7) is 4.00. The van der Waals surface area contributed by atoms with Gasteiger partial charge in [0.1, 0.15) is 0 Å². The molecule has 3 heteroatoms. The van der Waals surface area contributed by atoms with Crippen LogP contribution in [0.2, 0.25) is 0 Å². The summed E-state index contributed by atoms with van der Waals surface area (Å²) in [5, 5.41) is 0. The zero-order chi connectivity index (χ0) is 8.27. The van der Waals surface area contributed by atoms with Crippen LogP contribution in [0.5, 0.6) is 0 Å². The topological polar surface area (TPSA) is 17.8 Å². The molecule has 0 spiro atoms. The van der Waals surface area contributed by atoms with Crippen LogP contribution < -0.4 is 0 Å². The van der Waals surface area contributed by atoms with Gasteiger partial charge in [-0.3, -0.25) is 3.96 Å². The quantitative estimate of drug-likeness (QED) is 0.591. The minimum atomic E-state index is 1.14. The van der Waals surface area contributed by atoms with Gasteiger partial charge in [0.2, 0.25) is 0 Å². The summed E-state index contributed by atoms with van der Waals surface area (Å²) in [5.41, 5.74) is 1.24. The largest absolute Gasteiger partial charge is 0.296 e. The highest BCUT2D eigenvalue weighted by molar-refractivity contribution is 7.15. The number of pyridine rings is 1. The minimum Gasteiger partial charge on any atom is -0.296 e. The third-order valence-electron chi connectivity index (χ3n) is 1.31. The molecule has 0 saturated carbocycles. The van der Waals surface area contributed by atoms with Gasteiger partial charge in [-0.25, -0.2) is 4.98 Å². The van der Waals surface area contributed by atoms with Gasteiger partial charge in [-0.05, 0) is 23.7 Å². The second-order valence-electron chi connectivity index (χ2n) is 1.92. The summed E-state index contributed by atoms with van der Waals surface area (Å²) in [7, 11) is 2.04. The van der Waals surface area contributed by atoms with Crippen molar-refractivity contribution >= 4 is 21.9 Å². The first-order chi connectivity index (χ1) is 5.38. The lowest BCUT2D eigenvalue weighted by Gasteiger charge is -2.05. The third-order valence-corrected chi connectivity index (χ3v) is 2.27. The van der Waals surface area contributed by atoms with Crippen LogP contribution in [0.25, 0.3) is 10.3 Å². The van der Waals surface area contributed by atoms with Crippen molar-refractivity contribution in [2.24, 2.45) is 7.05 Å². The standard InChI is InChI=1S/C6H6N2S.C2H6/c1-8-5-3-2-4-7-6(5)9-8;1-2/h2-4H,1H3;1-2H3. The van der Waals surface area contributed by atoms with Crippen LogP contribution in [0.3, 0.4) is 0 Å². The van der Waals surface area contributed by atoms with Gasteiger partial charge in [0, 0.05) is 13.2 Å². The van der Waals surface area contributed by atoms with Crippen molar-refractivity contribution in [3.05, 3.63) is 18.3 Å². The molecule has 0 aliphatic carbocycles. The number of nitrogens with zero attached hydrogens (tertiary/aromatic N) is 2. The Morgan fingerprint density at radius 3 is 2.64 bits per heavy atom. The first-order valence-corrected chi connectivity index (χ1v) is 4.52. The van der Waals surface area contributed by atoms with Crippen LogP contribution in [0.1, 0.15) is 13.8 Å². The number of aryl methyl sites for hydroxylation is 1. The van der Waals surface area contributed by atoms with Crippen molar-refractivity contribution in [2.75, 3.05) is 0 Å². The van der Waals surface area contributed by atoms with Crippen LogP contribution >= 0.6 is 11.5 Å². The summed E-state index contributed by atoms with van der Waals surface area (Å²) in [4.78, 5) is 5.28. The Balaban J connectivity index is 0.000000281. The molecule has 11 heavy (non-hydrogen) atoms. The molecule has 0 amide bonds. The molecule has 2 aromatic heterocycles. The molecule has 0 aromatic carbocycles. The predicted molar refractivity (Wildman–Crippen MR) is 49.9 cm³/mol. The molecule has 0 atom stereocenters. The van der Waals surface area contributed by atoms with E-state index in [0.29, 0.717) is 0 Å². The van der Waals surface area contributed by atoms with E-state index < -0.39 is 0 Å². The van der Waals surface area contributed by atoms with Gasteiger partial charge in [0.25, 0.3) is 0 Å². The van der Waals surface area contributed by atoms with Crippen LogP contribution in [0.15, 0.2) is 18.3 Å². The normalized spacial score (nSPS) is 9.36. The fourth-order valence-electron chi connectivity index (χ4n) is 0.832. The van der Waals surface area contributed by atoms with E-state index in [1.54, 1.807) is 11.5 Å². The Hall–Kier alpha value is -0.830. The summed E-state index contributed by atoms with van der Waals surface area (Å²) < 4.78 is 2.10. The molecule has 0 N–H and O–H groups in total. The van der Waals surface area contributed by atoms with Crippen molar-refractivity contribution in [3.8, 4) is 0 Å². The highest BCUT2D eigenvalue weighted by Gasteiger charge is 1.99. The zero-order valence-electron chi connectivity index (χ0n) is 7.03. The average Bonchev–Trinajstić information content (AvgIpc) is 2.07. The van der Waals surface area contributed by atoms with E-state index in [1.165, 1.54) is 5.52 Å². The van der Waals surface area contributed by atoms with Crippen molar-refractivity contribution in [3.63, 3.8) is 0 Å². The molecule has 0 radical (unpaired) electrons. The summed E-state index contributed by atoms with van der Waals surface area (Å²) >= 11 is 1.68. The fourth-order valence-corrected chi connectivity index (χ4v) is 1.61. The molecule has 2 heterocycles. The Labute approximate surface area is 70.6 Å². The van der Waals surface area contributed by atoms with E-state index in [0.717, 1.165) is 4.83 Å². The molecule has 0 unspecified atom stereocenters. The number of hydrogen-bond donors (Lipinski definition) is 0. The molecule has 0 fully saturated rings. The lowest BCUT2D eigenvalue weighted by molar-refractivity contribution is 1.06. The van der Waals surface area contributed by atoms with E-state index in [2.05, 4.69) is 15.0 Å². The van der Waals surface area contributed by atoms with Crippen molar-refractivity contribution in [2.45, 2.75) is 13.8 Å². The van der Waals surface area contributed by atoms with E-state index >= 15 is 0 Å². The predicted octanol–water partition coefficient (Wildman–Crippen LogP) is 2.66. The molecule has 0 saturated heterocycles. The lowest BCUT2D eigenvalue weighted by atomic mass is 10.5. The molecule has 2 aromatic rings. The van der Waals surface area contributed by atoms with Crippen LogP contribution in [0, 0.1) is 0 Å². The van der Waals surface area contributed by atoms with Crippen molar-refractivity contribution in [1.29, 1.82) is 0 Å². The number of fused-ring (bicyclic) bond motifs is 1. The molecule has 2 rings (SSSR count). The van der Waals surface area contributed by atoms with Crippen LogP contribution in [-0.2, 0) is 7.05 Å². The first kappa shape index (κ1) is 8.27.